The highest BCUT2D eigenvalue weighted by Gasteiger charge is 2.22. The number of hydrogen-bond acceptors (Lipinski definition) is 2. The van der Waals surface area contributed by atoms with Crippen LogP contribution in [0.1, 0.15) is 0 Å². The standard InChI is InChI=1S/C70H46N2O/c1-3-17-49(18-4-1)57-43-38-53(46-65(57)50-19-5-2-6-20-50)48-35-41-55(42-36-48)71(66-30-12-11-27-61(66)62-28-16-29-63-64-44-37-51-21-7-8-24-58(51)69(64)73-70(62)63)54-39-33-47(34-40-54)52-22-15-23-56(45-52)72-67-31-13-9-25-59(67)60-26-10-14-32-68(60)72/h1-46H. The fourth-order valence-electron chi connectivity index (χ4n) is 11.1. The van der Waals surface area contributed by atoms with Gasteiger partial charge in [-0.3, -0.25) is 0 Å². The molecule has 0 atom stereocenters. The zero-order valence-electron chi connectivity index (χ0n) is 39.9. The maximum atomic E-state index is 6.97. The molecule has 0 N–H and O–H groups in total. The summed E-state index contributed by atoms with van der Waals surface area (Å²) in [5.74, 6) is 0. The molecule has 0 radical (unpaired) electrons. The largest absolute Gasteiger partial charge is 0.455 e. The van der Waals surface area contributed by atoms with Gasteiger partial charge in [0.2, 0.25) is 0 Å². The average Bonchev–Trinajstić information content (AvgIpc) is 4.03. The van der Waals surface area contributed by atoms with Crippen LogP contribution in [0, 0.1) is 0 Å². The summed E-state index contributed by atoms with van der Waals surface area (Å²) < 4.78 is 9.35. The first-order valence-corrected chi connectivity index (χ1v) is 25.0. The van der Waals surface area contributed by atoms with Gasteiger partial charge in [0.05, 0.1) is 16.7 Å². The molecule has 0 aliphatic heterocycles. The zero-order chi connectivity index (χ0) is 48.2. The molecule has 0 amide bonds. The highest BCUT2D eigenvalue weighted by Crippen LogP contribution is 2.46. The lowest BCUT2D eigenvalue weighted by atomic mass is 9.91. The fourth-order valence-corrected chi connectivity index (χ4v) is 11.1. The van der Waals surface area contributed by atoms with E-state index in [0.29, 0.717) is 0 Å². The van der Waals surface area contributed by atoms with Crippen molar-refractivity contribution in [2.24, 2.45) is 0 Å². The molecule has 0 unspecified atom stereocenters. The second kappa shape index (κ2) is 17.6. The van der Waals surface area contributed by atoms with Gasteiger partial charge in [0, 0.05) is 55.1 Å². The molecule has 14 rings (SSSR count). The van der Waals surface area contributed by atoms with Crippen LogP contribution in [0.4, 0.5) is 17.1 Å². The van der Waals surface area contributed by atoms with Crippen LogP contribution in [-0.4, -0.2) is 4.57 Å². The second-order valence-corrected chi connectivity index (χ2v) is 18.8. The van der Waals surface area contributed by atoms with Gasteiger partial charge in [-0.05, 0) is 117 Å². The molecule has 0 aliphatic carbocycles. The molecule has 0 spiro atoms. The van der Waals surface area contributed by atoms with Crippen molar-refractivity contribution in [1.82, 2.24) is 4.57 Å². The molecule has 0 saturated carbocycles. The van der Waals surface area contributed by atoms with Gasteiger partial charge in [0.15, 0.2) is 0 Å². The molecular weight excluding hydrogens is 885 g/mol. The molecule has 342 valence electrons. The van der Waals surface area contributed by atoms with Crippen LogP contribution in [0.3, 0.4) is 0 Å². The molecule has 0 aliphatic rings. The Morgan fingerprint density at radius 1 is 0.274 bits per heavy atom. The summed E-state index contributed by atoms with van der Waals surface area (Å²) in [4.78, 5) is 2.39. The third-order valence-corrected chi connectivity index (χ3v) is 14.6. The van der Waals surface area contributed by atoms with E-state index >= 15 is 0 Å². The number of nitrogens with zero attached hydrogens (tertiary/aromatic N) is 2. The van der Waals surface area contributed by atoms with E-state index in [9.17, 15) is 0 Å². The van der Waals surface area contributed by atoms with Crippen LogP contribution in [-0.2, 0) is 0 Å². The van der Waals surface area contributed by atoms with Crippen LogP contribution in [0.25, 0.3) is 116 Å². The summed E-state index contributed by atoms with van der Waals surface area (Å²) in [5, 5.41) is 7.00. The van der Waals surface area contributed by atoms with E-state index in [4.69, 9.17) is 4.42 Å². The number of furan rings is 1. The van der Waals surface area contributed by atoms with Crippen LogP contribution in [0.5, 0.6) is 0 Å². The van der Waals surface area contributed by atoms with Crippen LogP contribution in [0.15, 0.2) is 283 Å². The minimum absolute atomic E-state index is 0.878. The van der Waals surface area contributed by atoms with Gasteiger partial charge in [0.25, 0.3) is 0 Å². The van der Waals surface area contributed by atoms with Gasteiger partial charge in [-0.2, -0.15) is 0 Å². The van der Waals surface area contributed by atoms with Crippen molar-refractivity contribution in [2.45, 2.75) is 0 Å². The Morgan fingerprint density at radius 3 is 1.48 bits per heavy atom. The molecule has 2 heterocycles. The topological polar surface area (TPSA) is 21.3 Å². The third-order valence-electron chi connectivity index (χ3n) is 14.6. The zero-order valence-corrected chi connectivity index (χ0v) is 39.9. The van der Waals surface area contributed by atoms with Gasteiger partial charge in [0.1, 0.15) is 11.2 Å². The minimum atomic E-state index is 0.878. The monoisotopic (exact) mass is 930 g/mol. The van der Waals surface area contributed by atoms with E-state index < -0.39 is 0 Å². The molecule has 73 heavy (non-hydrogen) atoms. The first-order valence-electron chi connectivity index (χ1n) is 25.0. The number of benzene rings is 12. The van der Waals surface area contributed by atoms with Crippen LogP contribution >= 0.6 is 0 Å². The number of hydrogen-bond donors (Lipinski definition) is 0. The van der Waals surface area contributed by atoms with Crippen molar-refractivity contribution in [2.75, 3.05) is 4.90 Å². The highest BCUT2D eigenvalue weighted by atomic mass is 16.3. The summed E-state index contributed by atoms with van der Waals surface area (Å²) in [5.41, 5.74) is 20.0. The van der Waals surface area contributed by atoms with E-state index in [1.165, 1.54) is 44.1 Å². The van der Waals surface area contributed by atoms with Crippen molar-refractivity contribution in [3.05, 3.63) is 279 Å². The second-order valence-electron chi connectivity index (χ2n) is 18.8. The maximum Gasteiger partial charge on any atom is 0.143 e. The Hall–Kier alpha value is -9.70. The number of para-hydroxylation sites is 4. The Bertz CT molecular complexity index is 4300. The highest BCUT2D eigenvalue weighted by molar-refractivity contribution is 6.18. The lowest BCUT2D eigenvalue weighted by Crippen LogP contribution is -2.11. The predicted octanol–water partition coefficient (Wildman–Crippen LogP) is 19.6. The molecule has 0 fully saturated rings. The lowest BCUT2D eigenvalue weighted by Gasteiger charge is -2.28. The average molecular weight is 931 g/mol. The SMILES string of the molecule is c1ccc(-c2ccc(-c3ccc(N(c4ccc(-c5cccc(-n6c7ccccc7c7ccccc76)c5)cc4)c4ccccc4-c4cccc5c4oc4c6ccccc6ccc54)cc3)cc2-c2ccccc2)cc1. The molecule has 0 saturated heterocycles. The number of rotatable bonds is 9. The summed E-state index contributed by atoms with van der Waals surface area (Å²) >= 11 is 0. The van der Waals surface area contributed by atoms with Crippen LogP contribution in [0.2, 0.25) is 0 Å². The van der Waals surface area contributed by atoms with E-state index in [-0.39, 0.29) is 0 Å². The summed E-state index contributed by atoms with van der Waals surface area (Å²) in [6, 6.07) is 101. The molecule has 2 aromatic heterocycles. The van der Waals surface area contributed by atoms with Gasteiger partial charge in [-0.1, -0.05) is 212 Å². The third kappa shape index (κ3) is 7.29. The van der Waals surface area contributed by atoms with Gasteiger partial charge in [-0.15, -0.1) is 0 Å². The Morgan fingerprint density at radius 2 is 0.781 bits per heavy atom. The molecule has 0 bridgehead atoms. The van der Waals surface area contributed by atoms with Crippen molar-refractivity contribution in [1.29, 1.82) is 0 Å². The number of anilines is 3. The van der Waals surface area contributed by atoms with Crippen molar-refractivity contribution < 1.29 is 4.42 Å². The fraction of sp³-hybridized carbons (Fsp3) is 0. The molecule has 3 nitrogen and oxygen atoms in total. The Balaban J connectivity index is 0.897. The van der Waals surface area contributed by atoms with Crippen molar-refractivity contribution >= 4 is 71.6 Å². The lowest BCUT2D eigenvalue weighted by molar-refractivity contribution is 0.674. The van der Waals surface area contributed by atoms with Crippen LogP contribution < -0.4 is 4.90 Å². The predicted molar refractivity (Wildman–Crippen MR) is 307 cm³/mol. The van der Waals surface area contributed by atoms with Gasteiger partial charge < -0.3 is 13.9 Å². The summed E-state index contributed by atoms with van der Waals surface area (Å²) in [7, 11) is 0. The smallest absolute Gasteiger partial charge is 0.143 e. The van der Waals surface area contributed by atoms with Crippen molar-refractivity contribution in [3.8, 4) is 61.3 Å². The van der Waals surface area contributed by atoms with E-state index in [2.05, 4.69) is 289 Å². The van der Waals surface area contributed by atoms with Gasteiger partial charge in [-0.25, -0.2) is 0 Å². The molecular formula is C70H46N2O. The van der Waals surface area contributed by atoms with E-state index in [0.717, 1.165) is 88.8 Å². The first kappa shape index (κ1) is 42.2. The number of fused-ring (bicyclic) bond motifs is 8. The van der Waals surface area contributed by atoms with Crippen molar-refractivity contribution in [3.63, 3.8) is 0 Å². The summed E-state index contributed by atoms with van der Waals surface area (Å²) in [6.45, 7) is 0. The quantitative estimate of drug-likeness (QED) is 0.144. The molecule has 3 heteroatoms. The first-order chi connectivity index (χ1) is 36.2. The number of aromatic nitrogens is 1. The molecule has 14 aromatic rings. The maximum absolute atomic E-state index is 6.97. The van der Waals surface area contributed by atoms with Gasteiger partial charge >= 0.3 is 0 Å². The van der Waals surface area contributed by atoms with E-state index in [1.54, 1.807) is 0 Å². The summed E-state index contributed by atoms with van der Waals surface area (Å²) in [6.07, 6.45) is 0. The normalized spacial score (nSPS) is 11.6. The Kier molecular flexibility index (Phi) is 10.2. The molecule has 12 aromatic carbocycles. The Labute approximate surface area is 423 Å². The minimum Gasteiger partial charge on any atom is -0.455 e. The van der Waals surface area contributed by atoms with E-state index in [1.807, 2.05) is 0 Å².